The molecule has 0 bridgehead atoms. The second-order valence-corrected chi connectivity index (χ2v) is 4.63. The molecule has 0 atom stereocenters. The third-order valence-electron chi connectivity index (χ3n) is 2.98. The Kier molecular flexibility index (Phi) is 4.90. The lowest BCUT2D eigenvalue weighted by molar-refractivity contribution is 0.922. The second kappa shape index (κ2) is 6.88. The summed E-state index contributed by atoms with van der Waals surface area (Å²) in [6.45, 7) is 5.26. The summed E-state index contributed by atoms with van der Waals surface area (Å²) < 4.78 is 0. The minimum absolute atomic E-state index is 0.873. The maximum absolute atomic E-state index is 4.48. The summed E-state index contributed by atoms with van der Waals surface area (Å²) in [4.78, 5) is 8.87. The lowest BCUT2D eigenvalue weighted by Crippen LogP contribution is -2.04. The molecule has 0 saturated carbocycles. The van der Waals surface area contributed by atoms with Crippen molar-refractivity contribution in [1.82, 2.24) is 9.97 Å². The molecule has 19 heavy (non-hydrogen) atoms. The topological polar surface area (TPSA) is 37.8 Å². The Morgan fingerprint density at radius 3 is 2.68 bits per heavy atom. The average molecular weight is 255 g/mol. The fraction of sp³-hybridized carbons (Fsp3) is 0.375. The van der Waals surface area contributed by atoms with Crippen molar-refractivity contribution in [3.05, 3.63) is 42.2 Å². The van der Waals surface area contributed by atoms with E-state index >= 15 is 0 Å². The van der Waals surface area contributed by atoms with Gasteiger partial charge in [0.15, 0.2) is 5.82 Å². The number of aryl methyl sites for hydroxylation is 1. The van der Waals surface area contributed by atoms with Crippen LogP contribution in [0.4, 0.5) is 5.82 Å². The number of hydrogen-bond acceptors (Lipinski definition) is 3. The molecule has 1 aromatic carbocycles. The molecule has 0 aliphatic carbocycles. The molecule has 100 valence electrons. The molecule has 1 N–H and O–H groups in total. The molecular formula is C16H21N3. The molecule has 0 aliphatic rings. The van der Waals surface area contributed by atoms with Gasteiger partial charge in [-0.3, -0.25) is 4.98 Å². The van der Waals surface area contributed by atoms with Crippen molar-refractivity contribution >= 4 is 5.82 Å². The van der Waals surface area contributed by atoms with E-state index < -0.39 is 0 Å². The van der Waals surface area contributed by atoms with Gasteiger partial charge in [-0.05, 0) is 24.5 Å². The van der Waals surface area contributed by atoms with Gasteiger partial charge in [-0.1, -0.05) is 38.5 Å². The van der Waals surface area contributed by atoms with E-state index in [9.17, 15) is 0 Å². The molecule has 0 unspecified atom stereocenters. The van der Waals surface area contributed by atoms with Crippen molar-refractivity contribution in [3.8, 4) is 11.3 Å². The van der Waals surface area contributed by atoms with Crippen LogP contribution in [0, 0.1) is 0 Å². The predicted octanol–water partition coefficient (Wildman–Crippen LogP) is 3.92. The summed E-state index contributed by atoms with van der Waals surface area (Å²) in [5.74, 6) is 0.873. The number of anilines is 1. The molecule has 3 nitrogen and oxygen atoms in total. The van der Waals surface area contributed by atoms with Gasteiger partial charge in [0.2, 0.25) is 0 Å². The quantitative estimate of drug-likeness (QED) is 0.850. The molecule has 0 spiro atoms. The standard InChI is InChI=1S/C16H21N3/c1-3-6-13-7-5-8-14(12-13)15-16(18-9-4-2)19-11-10-17-15/h5,7-8,10-12H,3-4,6,9H2,1-2H3,(H,18,19). The van der Waals surface area contributed by atoms with Crippen LogP contribution in [-0.4, -0.2) is 16.5 Å². The Morgan fingerprint density at radius 1 is 1.05 bits per heavy atom. The monoisotopic (exact) mass is 255 g/mol. The summed E-state index contributed by atoms with van der Waals surface area (Å²) in [6, 6.07) is 8.58. The number of rotatable bonds is 6. The number of nitrogens with one attached hydrogen (secondary N) is 1. The lowest BCUT2D eigenvalue weighted by atomic mass is 10.0. The van der Waals surface area contributed by atoms with Gasteiger partial charge in [0.1, 0.15) is 5.69 Å². The first-order valence-corrected chi connectivity index (χ1v) is 6.99. The van der Waals surface area contributed by atoms with Crippen LogP contribution in [0.5, 0.6) is 0 Å². The summed E-state index contributed by atoms with van der Waals surface area (Å²) >= 11 is 0. The smallest absolute Gasteiger partial charge is 0.152 e. The fourth-order valence-corrected chi connectivity index (χ4v) is 2.08. The van der Waals surface area contributed by atoms with Crippen LogP contribution in [0.25, 0.3) is 11.3 Å². The molecule has 1 aromatic heterocycles. The Labute approximate surface area is 115 Å². The minimum Gasteiger partial charge on any atom is -0.368 e. The van der Waals surface area contributed by atoms with Crippen molar-refractivity contribution in [3.63, 3.8) is 0 Å². The van der Waals surface area contributed by atoms with Crippen molar-refractivity contribution in [2.75, 3.05) is 11.9 Å². The van der Waals surface area contributed by atoms with E-state index in [0.29, 0.717) is 0 Å². The third kappa shape index (κ3) is 3.53. The Morgan fingerprint density at radius 2 is 1.89 bits per heavy atom. The molecule has 1 heterocycles. The average Bonchev–Trinajstić information content (AvgIpc) is 2.46. The zero-order valence-electron chi connectivity index (χ0n) is 11.7. The van der Waals surface area contributed by atoms with Crippen molar-refractivity contribution in [1.29, 1.82) is 0 Å². The van der Waals surface area contributed by atoms with E-state index in [1.807, 2.05) is 0 Å². The van der Waals surface area contributed by atoms with Crippen LogP contribution in [0.15, 0.2) is 36.7 Å². The summed E-state index contributed by atoms with van der Waals surface area (Å²) in [7, 11) is 0. The van der Waals surface area contributed by atoms with Crippen LogP contribution in [0.3, 0.4) is 0 Å². The number of aromatic nitrogens is 2. The molecule has 0 saturated heterocycles. The van der Waals surface area contributed by atoms with E-state index in [0.717, 1.165) is 42.9 Å². The maximum Gasteiger partial charge on any atom is 0.152 e. The first kappa shape index (κ1) is 13.5. The summed E-state index contributed by atoms with van der Waals surface area (Å²) in [5.41, 5.74) is 3.43. The zero-order chi connectivity index (χ0) is 13.5. The van der Waals surface area contributed by atoms with Gasteiger partial charge in [-0.15, -0.1) is 0 Å². The van der Waals surface area contributed by atoms with E-state index in [2.05, 4.69) is 53.4 Å². The summed E-state index contributed by atoms with van der Waals surface area (Å²) in [5, 5.41) is 3.34. The molecule has 0 fully saturated rings. The van der Waals surface area contributed by atoms with Crippen LogP contribution in [0.2, 0.25) is 0 Å². The Hall–Kier alpha value is -1.90. The van der Waals surface area contributed by atoms with Gasteiger partial charge in [-0.2, -0.15) is 0 Å². The predicted molar refractivity (Wildman–Crippen MR) is 80.2 cm³/mol. The SMILES string of the molecule is CCCNc1nccnc1-c1cccc(CCC)c1. The van der Waals surface area contributed by atoms with Crippen molar-refractivity contribution < 1.29 is 0 Å². The number of hydrogen-bond donors (Lipinski definition) is 1. The first-order chi connectivity index (χ1) is 9.35. The van der Waals surface area contributed by atoms with Gasteiger partial charge < -0.3 is 5.32 Å². The lowest BCUT2D eigenvalue weighted by Gasteiger charge is -2.10. The highest BCUT2D eigenvalue weighted by molar-refractivity contribution is 5.71. The molecular weight excluding hydrogens is 234 g/mol. The Balaban J connectivity index is 2.32. The van der Waals surface area contributed by atoms with Gasteiger partial charge in [0, 0.05) is 24.5 Å². The Bertz CT molecular complexity index is 523. The highest BCUT2D eigenvalue weighted by Gasteiger charge is 2.07. The van der Waals surface area contributed by atoms with Crippen LogP contribution in [-0.2, 0) is 6.42 Å². The van der Waals surface area contributed by atoms with Gasteiger partial charge in [0.25, 0.3) is 0 Å². The van der Waals surface area contributed by atoms with E-state index in [1.54, 1.807) is 12.4 Å². The van der Waals surface area contributed by atoms with Crippen LogP contribution < -0.4 is 5.32 Å². The number of benzene rings is 1. The highest BCUT2D eigenvalue weighted by atomic mass is 15.0. The van der Waals surface area contributed by atoms with E-state index in [-0.39, 0.29) is 0 Å². The largest absolute Gasteiger partial charge is 0.368 e. The molecule has 0 aliphatic heterocycles. The highest BCUT2D eigenvalue weighted by Crippen LogP contribution is 2.24. The molecule has 0 amide bonds. The van der Waals surface area contributed by atoms with Crippen molar-refractivity contribution in [2.24, 2.45) is 0 Å². The normalized spacial score (nSPS) is 10.4. The van der Waals surface area contributed by atoms with Crippen LogP contribution >= 0.6 is 0 Å². The van der Waals surface area contributed by atoms with Gasteiger partial charge in [0.05, 0.1) is 0 Å². The zero-order valence-corrected chi connectivity index (χ0v) is 11.7. The maximum atomic E-state index is 4.48. The molecule has 2 rings (SSSR count). The molecule has 0 radical (unpaired) electrons. The van der Waals surface area contributed by atoms with Gasteiger partial charge in [-0.25, -0.2) is 4.98 Å². The fourth-order valence-electron chi connectivity index (χ4n) is 2.08. The minimum atomic E-state index is 0.873. The third-order valence-corrected chi connectivity index (χ3v) is 2.98. The van der Waals surface area contributed by atoms with Crippen LogP contribution in [0.1, 0.15) is 32.3 Å². The van der Waals surface area contributed by atoms with Crippen molar-refractivity contribution in [2.45, 2.75) is 33.1 Å². The first-order valence-electron chi connectivity index (χ1n) is 6.99. The van der Waals surface area contributed by atoms with Gasteiger partial charge >= 0.3 is 0 Å². The van der Waals surface area contributed by atoms with E-state index in [1.165, 1.54) is 5.56 Å². The second-order valence-electron chi connectivity index (χ2n) is 4.63. The summed E-state index contributed by atoms with van der Waals surface area (Å²) in [6.07, 6.45) is 6.82. The molecule has 2 aromatic rings. The van der Waals surface area contributed by atoms with E-state index in [4.69, 9.17) is 0 Å². The number of nitrogens with zero attached hydrogens (tertiary/aromatic N) is 2. The molecule has 3 heteroatoms.